The number of hydrogen-bond acceptors (Lipinski definition) is 1. The van der Waals surface area contributed by atoms with Crippen molar-refractivity contribution in [1.29, 1.82) is 0 Å². The molecule has 0 aromatic carbocycles. The van der Waals surface area contributed by atoms with E-state index in [0.717, 1.165) is 0 Å². The molecular weight excluding hydrogens is 299 g/mol. The van der Waals surface area contributed by atoms with Gasteiger partial charge in [0.15, 0.2) is 0 Å². The molecular formula is C10H22HoN-. The van der Waals surface area contributed by atoms with E-state index < -0.39 is 0 Å². The van der Waals surface area contributed by atoms with E-state index in [0.29, 0.717) is 0 Å². The van der Waals surface area contributed by atoms with Gasteiger partial charge in [0.25, 0.3) is 0 Å². The number of nitrogens with zero attached hydrogens (tertiary/aromatic N) is 1. The molecule has 1 saturated heterocycles. The van der Waals surface area contributed by atoms with Crippen molar-refractivity contribution >= 4 is 0 Å². The zero-order valence-corrected chi connectivity index (χ0v) is 10.7. The third-order valence-electron chi connectivity index (χ3n) is 2.06. The number of rotatable bonds is 0. The number of likely N-dealkylation sites (tertiary alicyclic amines) is 1. The van der Waals surface area contributed by atoms with Crippen LogP contribution in [0.2, 0.25) is 0 Å². The Kier molecular flexibility index (Phi) is 13.5. The van der Waals surface area contributed by atoms with Gasteiger partial charge in [0.1, 0.15) is 0 Å². The van der Waals surface area contributed by atoms with E-state index in [-0.39, 0.29) is 37.7 Å². The van der Waals surface area contributed by atoms with Crippen LogP contribution in [0.5, 0.6) is 0 Å². The molecule has 1 rings (SSSR count). The molecule has 1 fully saturated rings. The molecule has 0 atom stereocenters. The molecule has 1 radical (unpaired) electrons. The third kappa shape index (κ3) is 7.85. The summed E-state index contributed by atoms with van der Waals surface area (Å²) in [7, 11) is 2.21. The molecule has 0 aromatic heterocycles. The molecule has 0 spiro atoms. The van der Waals surface area contributed by atoms with Crippen LogP contribution in [0.1, 0.15) is 40.0 Å². The summed E-state index contributed by atoms with van der Waals surface area (Å²) in [6.45, 7) is 8.84. The maximum Gasteiger partial charge on any atom is 0 e. The first-order valence-corrected chi connectivity index (χ1v) is 4.79. The fourth-order valence-corrected chi connectivity index (χ4v) is 1.27. The smallest absolute Gasteiger partial charge is 0 e. The van der Waals surface area contributed by atoms with E-state index in [1.54, 1.807) is 5.92 Å². The third-order valence-corrected chi connectivity index (χ3v) is 2.06. The van der Waals surface area contributed by atoms with Crippen molar-refractivity contribution in [3.05, 3.63) is 5.92 Å². The summed E-state index contributed by atoms with van der Waals surface area (Å²) >= 11 is 0. The minimum absolute atomic E-state index is 0. The summed E-state index contributed by atoms with van der Waals surface area (Å²) in [5, 5.41) is 0. The van der Waals surface area contributed by atoms with Crippen LogP contribution in [-0.2, 0) is 0 Å². The Labute approximate surface area is 108 Å². The Hall–Kier alpha value is 1.22. The van der Waals surface area contributed by atoms with E-state index in [1.165, 1.54) is 32.4 Å². The average molecular weight is 321 g/mol. The van der Waals surface area contributed by atoms with Gasteiger partial charge in [0, 0.05) is 37.7 Å². The van der Waals surface area contributed by atoms with Crippen LogP contribution >= 0.6 is 0 Å². The van der Waals surface area contributed by atoms with E-state index in [2.05, 4.69) is 18.9 Å². The minimum Gasteiger partial charge on any atom is -0.315 e. The summed E-state index contributed by atoms with van der Waals surface area (Å²) in [6, 6.07) is 0. The van der Waals surface area contributed by atoms with Gasteiger partial charge >= 0.3 is 0 Å². The predicted octanol–water partition coefficient (Wildman–Crippen LogP) is 2.72. The molecule has 1 aliphatic heterocycles. The Morgan fingerprint density at radius 2 is 1.67 bits per heavy atom. The monoisotopic (exact) mass is 321 g/mol. The quantitative estimate of drug-likeness (QED) is 0.490. The Morgan fingerprint density at radius 1 is 1.08 bits per heavy atom. The molecule has 0 saturated carbocycles. The average Bonchev–Trinajstić information content (AvgIpc) is 2.20. The van der Waals surface area contributed by atoms with Crippen molar-refractivity contribution in [1.82, 2.24) is 4.90 Å². The Morgan fingerprint density at radius 3 is 2.25 bits per heavy atom. The van der Waals surface area contributed by atoms with Gasteiger partial charge in [-0.05, 0) is 20.1 Å². The molecule has 0 aromatic rings. The standard InChI is InChI=1S/C8H16N.C2H6.Ho/c1-8-4-3-6-9(2)7-5-8;1-2;/h3-7H2,1-2H3;1-2H3;/q-1;;. The fraction of sp³-hybridized carbons (Fsp3) is 0.900. The second kappa shape index (κ2) is 10.3. The van der Waals surface area contributed by atoms with Gasteiger partial charge in [-0.15, -0.1) is 0 Å². The van der Waals surface area contributed by atoms with Crippen molar-refractivity contribution in [3.8, 4) is 0 Å². The van der Waals surface area contributed by atoms with Gasteiger partial charge in [-0.2, -0.15) is 19.8 Å². The second-order valence-corrected chi connectivity index (χ2v) is 3.11. The first-order chi connectivity index (χ1) is 5.29. The van der Waals surface area contributed by atoms with Crippen molar-refractivity contribution in [2.75, 3.05) is 20.1 Å². The van der Waals surface area contributed by atoms with Crippen molar-refractivity contribution < 1.29 is 37.7 Å². The maximum absolute atomic E-state index is 2.41. The van der Waals surface area contributed by atoms with E-state index in [4.69, 9.17) is 0 Å². The molecule has 0 N–H and O–H groups in total. The van der Waals surface area contributed by atoms with Crippen LogP contribution in [0.25, 0.3) is 0 Å². The molecule has 1 heterocycles. The van der Waals surface area contributed by atoms with Gasteiger partial charge in [0.05, 0.1) is 0 Å². The summed E-state index contributed by atoms with van der Waals surface area (Å²) in [4.78, 5) is 2.41. The SMILES string of the molecule is CC.C[C-]1CCCN(C)CC1.[Ho]. The fourth-order valence-electron chi connectivity index (χ4n) is 1.27. The van der Waals surface area contributed by atoms with Crippen LogP contribution in [-0.4, -0.2) is 25.0 Å². The van der Waals surface area contributed by atoms with Crippen LogP contribution in [0, 0.1) is 43.7 Å². The van der Waals surface area contributed by atoms with Crippen molar-refractivity contribution in [3.63, 3.8) is 0 Å². The maximum atomic E-state index is 2.41. The van der Waals surface area contributed by atoms with Crippen LogP contribution in [0.3, 0.4) is 0 Å². The van der Waals surface area contributed by atoms with Gasteiger partial charge < -0.3 is 10.8 Å². The van der Waals surface area contributed by atoms with Gasteiger partial charge in [-0.3, -0.25) is 0 Å². The van der Waals surface area contributed by atoms with Crippen LogP contribution < -0.4 is 0 Å². The molecule has 2 heteroatoms. The van der Waals surface area contributed by atoms with Gasteiger partial charge in [0.2, 0.25) is 0 Å². The summed E-state index contributed by atoms with van der Waals surface area (Å²) in [5.74, 6) is 1.68. The van der Waals surface area contributed by atoms with E-state index in [9.17, 15) is 0 Å². The van der Waals surface area contributed by atoms with Gasteiger partial charge in [-0.1, -0.05) is 20.3 Å². The predicted molar refractivity (Wildman–Crippen MR) is 51.6 cm³/mol. The zero-order valence-electron chi connectivity index (χ0n) is 8.78. The van der Waals surface area contributed by atoms with Crippen LogP contribution in [0.15, 0.2) is 0 Å². The topological polar surface area (TPSA) is 3.24 Å². The first-order valence-electron chi connectivity index (χ1n) is 4.79. The molecule has 1 nitrogen and oxygen atoms in total. The molecule has 0 amide bonds. The molecule has 79 valence electrons. The van der Waals surface area contributed by atoms with E-state index >= 15 is 0 Å². The minimum atomic E-state index is 0. The van der Waals surface area contributed by atoms with Crippen molar-refractivity contribution in [2.24, 2.45) is 0 Å². The molecule has 1 aliphatic rings. The van der Waals surface area contributed by atoms with Crippen molar-refractivity contribution in [2.45, 2.75) is 40.0 Å². The molecule has 0 bridgehead atoms. The van der Waals surface area contributed by atoms with E-state index in [1.807, 2.05) is 13.8 Å². The second-order valence-electron chi connectivity index (χ2n) is 3.11. The summed E-state index contributed by atoms with van der Waals surface area (Å²) in [5.41, 5.74) is 0. The Balaban J connectivity index is 0. The molecule has 0 unspecified atom stereocenters. The largest absolute Gasteiger partial charge is 0.315 e. The molecule has 0 aliphatic carbocycles. The van der Waals surface area contributed by atoms with Gasteiger partial charge in [-0.25, -0.2) is 0 Å². The molecule has 12 heavy (non-hydrogen) atoms. The summed E-state index contributed by atoms with van der Waals surface area (Å²) < 4.78 is 0. The summed E-state index contributed by atoms with van der Waals surface area (Å²) in [6.07, 6.45) is 4.03. The number of hydrogen-bond donors (Lipinski definition) is 0. The Bertz CT molecular complexity index is 75.9. The normalized spacial score (nSPS) is 20.0. The zero-order chi connectivity index (χ0) is 8.69. The first kappa shape index (κ1) is 15.7. The van der Waals surface area contributed by atoms with Crippen LogP contribution in [0.4, 0.5) is 0 Å².